The molecule has 108 valence electrons. The van der Waals surface area contributed by atoms with Crippen LogP contribution in [0.4, 0.5) is 4.39 Å². The molecule has 3 rings (SSSR count). The number of H-pyrrole nitrogens is 1. The van der Waals surface area contributed by atoms with Gasteiger partial charge in [-0.3, -0.25) is 4.79 Å². The number of aromatic amines is 1. The van der Waals surface area contributed by atoms with Gasteiger partial charge >= 0.3 is 0 Å². The number of carbonyl (C=O) groups is 1. The normalized spacial score (nSPS) is 20.3. The molecule has 3 heterocycles. The molecule has 0 saturated carbocycles. The van der Waals surface area contributed by atoms with E-state index in [0.717, 1.165) is 37.4 Å². The van der Waals surface area contributed by atoms with Gasteiger partial charge in [0.05, 0.1) is 6.54 Å². The van der Waals surface area contributed by atoms with Crippen molar-refractivity contribution < 1.29 is 9.18 Å². The summed E-state index contributed by atoms with van der Waals surface area (Å²) in [7, 11) is 0. The maximum atomic E-state index is 13.1. The van der Waals surface area contributed by atoms with Crippen LogP contribution >= 0.6 is 0 Å². The minimum absolute atomic E-state index is 0.0633. The first-order chi connectivity index (χ1) is 9.65. The third-order valence-corrected chi connectivity index (χ3v) is 3.99. The maximum absolute atomic E-state index is 13.1. The fraction of sp³-hybridized carbons (Fsp3) is 0.571. The van der Waals surface area contributed by atoms with E-state index in [1.807, 2.05) is 6.92 Å². The Hall–Kier alpha value is -1.69. The van der Waals surface area contributed by atoms with Crippen LogP contribution in [0.25, 0.3) is 0 Å². The number of amides is 1. The van der Waals surface area contributed by atoms with E-state index in [4.69, 9.17) is 0 Å². The Kier molecular flexibility index (Phi) is 3.56. The number of hydrogen-bond acceptors (Lipinski definition) is 3. The topological polar surface area (TPSA) is 61.0 Å². The van der Waals surface area contributed by atoms with Crippen LogP contribution < -0.4 is 5.32 Å². The number of rotatable bonds is 2. The Labute approximate surface area is 117 Å². The molecule has 1 amide bonds. The number of aromatic nitrogens is 2. The zero-order chi connectivity index (χ0) is 14.1. The van der Waals surface area contributed by atoms with Gasteiger partial charge in [-0.25, -0.2) is 9.37 Å². The van der Waals surface area contributed by atoms with E-state index in [1.165, 1.54) is 11.0 Å². The van der Waals surface area contributed by atoms with Crippen LogP contribution in [0.2, 0.25) is 0 Å². The molecule has 20 heavy (non-hydrogen) atoms. The molecule has 0 aromatic carbocycles. The largest absolute Gasteiger partial charge is 0.345 e. The zero-order valence-corrected chi connectivity index (χ0v) is 11.6. The Morgan fingerprint density at radius 2 is 2.20 bits per heavy atom. The number of piperidine rings is 1. The van der Waals surface area contributed by atoms with Gasteiger partial charge in [-0.05, 0) is 38.9 Å². The molecule has 6 heteroatoms. The molecule has 1 aromatic heterocycles. The summed E-state index contributed by atoms with van der Waals surface area (Å²) in [5, 5.41) is 3.31. The van der Waals surface area contributed by atoms with Gasteiger partial charge in [-0.15, -0.1) is 0 Å². The lowest BCUT2D eigenvalue weighted by Gasteiger charge is -2.20. The van der Waals surface area contributed by atoms with E-state index in [-0.39, 0.29) is 18.3 Å². The van der Waals surface area contributed by atoms with Crippen molar-refractivity contribution in [2.75, 3.05) is 26.2 Å². The summed E-state index contributed by atoms with van der Waals surface area (Å²) in [6.45, 7) is 4.21. The lowest BCUT2D eigenvalue weighted by atomic mass is 9.98. The Balaban J connectivity index is 1.76. The zero-order valence-electron chi connectivity index (χ0n) is 11.6. The molecule has 0 aliphatic carbocycles. The fourth-order valence-corrected chi connectivity index (χ4v) is 2.81. The van der Waals surface area contributed by atoms with Crippen LogP contribution in [0.3, 0.4) is 0 Å². The lowest BCUT2D eigenvalue weighted by molar-refractivity contribution is 0.0787. The summed E-state index contributed by atoms with van der Waals surface area (Å²) >= 11 is 0. The molecule has 1 saturated heterocycles. The molecule has 0 atom stereocenters. The lowest BCUT2D eigenvalue weighted by Crippen LogP contribution is -2.29. The summed E-state index contributed by atoms with van der Waals surface area (Å²) in [5.74, 6) is 0.831. The molecule has 0 radical (unpaired) electrons. The molecule has 2 aliphatic heterocycles. The molecular weight excluding hydrogens is 259 g/mol. The molecule has 5 nitrogen and oxygen atoms in total. The van der Waals surface area contributed by atoms with Crippen LogP contribution in [-0.4, -0.2) is 47.0 Å². The average molecular weight is 278 g/mol. The molecule has 2 aliphatic rings. The van der Waals surface area contributed by atoms with E-state index >= 15 is 0 Å². The highest BCUT2D eigenvalue weighted by molar-refractivity contribution is 5.94. The molecule has 0 spiro atoms. The number of carbonyl (C=O) groups excluding carboxylic acids is 1. The smallest absolute Gasteiger partial charge is 0.274 e. The van der Waals surface area contributed by atoms with E-state index in [2.05, 4.69) is 15.3 Å². The Morgan fingerprint density at radius 1 is 1.45 bits per heavy atom. The summed E-state index contributed by atoms with van der Waals surface area (Å²) in [5.41, 5.74) is 1.21. The number of nitrogens with zero attached hydrogens (tertiary/aromatic N) is 2. The minimum atomic E-state index is -0.245. The number of halogens is 1. The summed E-state index contributed by atoms with van der Waals surface area (Å²) in [6.07, 6.45) is 3.49. The van der Waals surface area contributed by atoms with E-state index in [1.54, 1.807) is 0 Å². The third kappa shape index (κ3) is 2.47. The van der Waals surface area contributed by atoms with Crippen LogP contribution in [-0.2, 0) is 0 Å². The molecular formula is C14H19FN4O. The first-order valence-electron chi connectivity index (χ1n) is 7.06. The highest BCUT2D eigenvalue weighted by Gasteiger charge is 2.27. The van der Waals surface area contributed by atoms with Crippen molar-refractivity contribution in [1.82, 2.24) is 20.2 Å². The molecule has 1 aromatic rings. The van der Waals surface area contributed by atoms with Crippen molar-refractivity contribution in [2.24, 2.45) is 0 Å². The van der Waals surface area contributed by atoms with Gasteiger partial charge in [0.25, 0.3) is 5.91 Å². The highest BCUT2D eigenvalue weighted by atomic mass is 19.1. The van der Waals surface area contributed by atoms with Gasteiger partial charge in [-0.2, -0.15) is 0 Å². The second-order valence-electron chi connectivity index (χ2n) is 5.46. The first-order valence-corrected chi connectivity index (χ1v) is 7.06. The van der Waals surface area contributed by atoms with Crippen LogP contribution in [0.15, 0.2) is 11.9 Å². The summed E-state index contributed by atoms with van der Waals surface area (Å²) in [4.78, 5) is 21.5. The van der Waals surface area contributed by atoms with E-state index in [9.17, 15) is 9.18 Å². The predicted molar refractivity (Wildman–Crippen MR) is 73.3 cm³/mol. The second kappa shape index (κ2) is 5.36. The van der Waals surface area contributed by atoms with Crippen molar-refractivity contribution in [2.45, 2.75) is 25.7 Å². The van der Waals surface area contributed by atoms with Gasteiger partial charge in [0.15, 0.2) is 0 Å². The quantitative estimate of drug-likeness (QED) is 0.861. The van der Waals surface area contributed by atoms with E-state index in [0.29, 0.717) is 18.2 Å². The third-order valence-electron chi connectivity index (χ3n) is 3.99. The van der Waals surface area contributed by atoms with Gasteiger partial charge in [0, 0.05) is 18.2 Å². The molecule has 0 bridgehead atoms. The van der Waals surface area contributed by atoms with Crippen molar-refractivity contribution in [3.8, 4) is 0 Å². The Morgan fingerprint density at radius 3 is 2.85 bits per heavy atom. The number of hydrogen-bond donors (Lipinski definition) is 2. The van der Waals surface area contributed by atoms with Gasteiger partial charge in [0.1, 0.15) is 17.3 Å². The molecule has 1 fully saturated rings. The second-order valence-corrected chi connectivity index (χ2v) is 5.46. The SMILES string of the molecule is Cc1[nH]c(C2CCNCC2)nc1C(=O)N1CC=C(F)C1. The standard InChI is InChI=1S/C14H19FN4O/c1-9-12(14(20)19-7-4-11(15)8-19)18-13(17-9)10-2-5-16-6-3-10/h4,10,16H,2-3,5-8H2,1H3,(H,17,18). The van der Waals surface area contributed by atoms with Crippen molar-refractivity contribution in [3.05, 3.63) is 29.1 Å². The van der Waals surface area contributed by atoms with Crippen molar-refractivity contribution in [1.29, 1.82) is 0 Å². The van der Waals surface area contributed by atoms with Crippen LogP contribution in [0.5, 0.6) is 0 Å². The minimum Gasteiger partial charge on any atom is -0.345 e. The monoisotopic (exact) mass is 278 g/mol. The van der Waals surface area contributed by atoms with Crippen molar-refractivity contribution >= 4 is 5.91 Å². The van der Waals surface area contributed by atoms with Crippen LogP contribution in [0, 0.1) is 6.92 Å². The van der Waals surface area contributed by atoms with Gasteiger partial charge in [-0.1, -0.05) is 0 Å². The van der Waals surface area contributed by atoms with Crippen molar-refractivity contribution in [3.63, 3.8) is 0 Å². The summed E-state index contributed by atoms with van der Waals surface area (Å²) < 4.78 is 13.1. The van der Waals surface area contributed by atoms with Gasteiger partial charge < -0.3 is 15.2 Å². The average Bonchev–Trinajstić information content (AvgIpc) is 3.05. The van der Waals surface area contributed by atoms with Gasteiger partial charge in [0.2, 0.25) is 0 Å². The number of nitrogens with one attached hydrogen (secondary N) is 2. The summed E-state index contributed by atoms with van der Waals surface area (Å²) in [6, 6.07) is 0. The predicted octanol–water partition coefficient (Wildman–Crippen LogP) is 1.49. The highest BCUT2D eigenvalue weighted by Crippen LogP contribution is 2.24. The van der Waals surface area contributed by atoms with Crippen LogP contribution in [0.1, 0.15) is 40.8 Å². The maximum Gasteiger partial charge on any atom is 0.274 e. The number of imidazole rings is 1. The number of aryl methyl sites for hydroxylation is 1. The molecule has 2 N–H and O–H groups in total. The first kappa shape index (κ1) is 13.3. The fourth-order valence-electron chi connectivity index (χ4n) is 2.81. The van der Waals surface area contributed by atoms with E-state index < -0.39 is 0 Å². The molecule has 0 unspecified atom stereocenters. The Bertz CT molecular complexity index is 545.